The molecule has 5 rings (SSSR count). The Kier molecular flexibility index (Phi) is 6.21. The van der Waals surface area contributed by atoms with Gasteiger partial charge in [-0.25, -0.2) is 8.42 Å². The second-order valence-corrected chi connectivity index (χ2v) is 10.4. The van der Waals surface area contributed by atoms with Gasteiger partial charge in [0.15, 0.2) is 11.5 Å². The third-order valence-electron chi connectivity index (χ3n) is 6.52. The first kappa shape index (κ1) is 21.5. The summed E-state index contributed by atoms with van der Waals surface area (Å²) in [6.07, 6.45) is 7.38. The van der Waals surface area contributed by atoms with Crippen molar-refractivity contribution in [2.75, 3.05) is 39.4 Å². The maximum absolute atomic E-state index is 13.2. The summed E-state index contributed by atoms with van der Waals surface area (Å²) >= 11 is 0. The molecule has 3 aliphatic rings. The number of hydrogen-bond acceptors (Lipinski definition) is 7. The summed E-state index contributed by atoms with van der Waals surface area (Å²) in [5, 5.41) is 0. The quantitative estimate of drug-likeness (QED) is 0.680. The van der Waals surface area contributed by atoms with Gasteiger partial charge in [-0.2, -0.15) is 4.31 Å². The van der Waals surface area contributed by atoms with Crippen LogP contribution in [0.25, 0.3) is 0 Å². The minimum atomic E-state index is -3.54. The first-order valence-electron chi connectivity index (χ1n) is 11.3. The number of hydrogen-bond donors (Lipinski definition) is 0. The standard InChI is InChI=1S/C23H29N3O5S/c27-32(28,21-1-2-22-23(17-21)30-16-15-29-22)26-13-5-18(6-14-26)25-11-7-20(8-12-25)31-19-3-9-24-10-4-19/h1-4,9-10,17-18,20H,5-8,11-16H2. The lowest BCUT2D eigenvalue weighted by molar-refractivity contribution is 0.0585. The number of fused-ring (bicyclic) bond motifs is 1. The fourth-order valence-electron chi connectivity index (χ4n) is 4.75. The van der Waals surface area contributed by atoms with E-state index >= 15 is 0 Å². The van der Waals surface area contributed by atoms with Crippen molar-refractivity contribution >= 4 is 10.0 Å². The summed E-state index contributed by atoms with van der Waals surface area (Å²) in [4.78, 5) is 6.80. The highest BCUT2D eigenvalue weighted by atomic mass is 32.2. The SMILES string of the molecule is O=S(=O)(c1ccc2c(c1)OCCO2)N1CCC(N2CCC(Oc3ccncc3)CC2)CC1. The van der Waals surface area contributed by atoms with Crippen LogP contribution in [0.5, 0.6) is 17.2 Å². The van der Waals surface area contributed by atoms with Crippen LogP contribution in [-0.4, -0.2) is 74.1 Å². The minimum Gasteiger partial charge on any atom is -0.490 e. The van der Waals surface area contributed by atoms with E-state index in [0.29, 0.717) is 43.8 Å². The third-order valence-corrected chi connectivity index (χ3v) is 8.41. The highest BCUT2D eigenvalue weighted by Crippen LogP contribution is 2.34. The average Bonchev–Trinajstić information content (AvgIpc) is 2.85. The van der Waals surface area contributed by atoms with E-state index in [-0.39, 0.29) is 11.0 Å². The molecule has 0 aliphatic carbocycles. The molecule has 2 aromatic rings. The molecule has 1 aromatic heterocycles. The van der Waals surface area contributed by atoms with Crippen LogP contribution in [0.1, 0.15) is 25.7 Å². The Balaban J connectivity index is 1.14. The van der Waals surface area contributed by atoms with Gasteiger partial charge in [-0.3, -0.25) is 4.98 Å². The predicted octanol–water partition coefficient (Wildman–Crippen LogP) is 2.55. The molecule has 9 heteroatoms. The summed E-state index contributed by atoms with van der Waals surface area (Å²) in [7, 11) is -3.54. The van der Waals surface area contributed by atoms with E-state index in [1.54, 1.807) is 34.9 Å². The number of rotatable bonds is 5. The topological polar surface area (TPSA) is 81.2 Å². The van der Waals surface area contributed by atoms with Crippen LogP contribution >= 0.6 is 0 Å². The second-order valence-electron chi connectivity index (χ2n) is 8.48. The summed E-state index contributed by atoms with van der Waals surface area (Å²) < 4.78 is 45.1. The Morgan fingerprint density at radius 1 is 0.875 bits per heavy atom. The van der Waals surface area contributed by atoms with Gasteiger partial charge in [-0.1, -0.05) is 0 Å². The molecular formula is C23H29N3O5S. The van der Waals surface area contributed by atoms with E-state index in [1.165, 1.54) is 0 Å². The zero-order valence-corrected chi connectivity index (χ0v) is 18.9. The van der Waals surface area contributed by atoms with Crippen molar-refractivity contribution in [3.8, 4) is 17.2 Å². The zero-order valence-electron chi connectivity index (χ0n) is 18.1. The molecule has 32 heavy (non-hydrogen) atoms. The molecule has 2 fully saturated rings. The van der Waals surface area contributed by atoms with Crippen molar-refractivity contribution in [2.45, 2.75) is 42.7 Å². The number of likely N-dealkylation sites (tertiary alicyclic amines) is 1. The summed E-state index contributed by atoms with van der Waals surface area (Å²) in [5.74, 6) is 1.98. The first-order valence-corrected chi connectivity index (χ1v) is 12.7. The largest absolute Gasteiger partial charge is 0.490 e. The molecule has 0 radical (unpaired) electrons. The predicted molar refractivity (Wildman–Crippen MR) is 119 cm³/mol. The molecule has 0 unspecified atom stereocenters. The Bertz CT molecular complexity index is 1020. The van der Waals surface area contributed by atoms with E-state index in [2.05, 4.69) is 9.88 Å². The Labute approximate surface area is 189 Å². The Morgan fingerprint density at radius 3 is 2.28 bits per heavy atom. The van der Waals surface area contributed by atoms with Gasteiger partial charge < -0.3 is 19.1 Å². The summed E-state index contributed by atoms with van der Waals surface area (Å²) in [5.41, 5.74) is 0. The van der Waals surface area contributed by atoms with Crippen molar-refractivity contribution in [2.24, 2.45) is 0 Å². The van der Waals surface area contributed by atoms with Gasteiger partial charge in [-0.05, 0) is 49.9 Å². The number of sulfonamides is 1. The fraction of sp³-hybridized carbons (Fsp3) is 0.522. The lowest BCUT2D eigenvalue weighted by Gasteiger charge is -2.41. The van der Waals surface area contributed by atoms with E-state index < -0.39 is 10.0 Å². The number of pyridine rings is 1. The Morgan fingerprint density at radius 2 is 1.56 bits per heavy atom. The van der Waals surface area contributed by atoms with Crippen LogP contribution in [0, 0.1) is 0 Å². The molecule has 0 atom stereocenters. The molecule has 4 heterocycles. The van der Waals surface area contributed by atoms with Crippen LogP contribution in [0.15, 0.2) is 47.6 Å². The number of aromatic nitrogens is 1. The molecular weight excluding hydrogens is 430 g/mol. The van der Waals surface area contributed by atoms with E-state index in [1.807, 2.05) is 12.1 Å². The van der Waals surface area contributed by atoms with Gasteiger partial charge >= 0.3 is 0 Å². The van der Waals surface area contributed by atoms with Crippen molar-refractivity contribution in [3.05, 3.63) is 42.7 Å². The van der Waals surface area contributed by atoms with Crippen molar-refractivity contribution < 1.29 is 22.6 Å². The van der Waals surface area contributed by atoms with Crippen LogP contribution in [0.2, 0.25) is 0 Å². The molecule has 172 valence electrons. The van der Waals surface area contributed by atoms with Crippen molar-refractivity contribution in [3.63, 3.8) is 0 Å². The average molecular weight is 460 g/mol. The van der Waals surface area contributed by atoms with E-state index in [0.717, 1.165) is 44.5 Å². The molecule has 2 saturated heterocycles. The lowest BCUT2D eigenvalue weighted by atomic mass is 10.00. The molecule has 0 bridgehead atoms. The molecule has 0 spiro atoms. The van der Waals surface area contributed by atoms with E-state index in [9.17, 15) is 8.42 Å². The zero-order chi connectivity index (χ0) is 22.0. The highest BCUT2D eigenvalue weighted by Gasteiger charge is 2.34. The van der Waals surface area contributed by atoms with Gasteiger partial charge in [-0.15, -0.1) is 0 Å². The normalized spacial score (nSPS) is 21.4. The van der Waals surface area contributed by atoms with Gasteiger partial charge in [0.25, 0.3) is 0 Å². The highest BCUT2D eigenvalue weighted by molar-refractivity contribution is 7.89. The molecule has 8 nitrogen and oxygen atoms in total. The van der Waals surface area contributed by atoms with Crippen LogP contribution in [-0.2, 0) is 10.0 Å². The molecule has 1 aromatic carbocycles. The van der Waals surface area contributed by atoms with Crippen LogP contribution in [0.3, 0.4) is 0 Å². The summed E-state index contributed by atoms with van der Waals surface area (Å²) in [6.45, 7) is 3.96. The molecule has 0 amide bonds. The maximum atomic E-state index is 13.2. The monoisotopic (exact) mass is 459 g/mol. The van der Waals surface area contributed by atoms with E-state index in [4.69, 9.17) is 14.2 Å². The maximum Gasteiger partial charge on any atom is 0.243 e. The van der Waals surface area contributed by atoms with Crippen molar-refractivity contribution in [1.82, 2.24) is 14.2 Å². The number of benzene rings is 1. The molecule has 0 N–H and O–H groups in total. The lowest BCUT2D eigenvalue weighted by Crippen LogP contribution is -2.50. The summed E-state index contributed by atoms with van der Waals surface area (Å²) in [6, 6.07) is 9.09. The third kappa shape index (κ3) is 4.55. The van der Waals surface area contributed by atoms with Gasteiger partial charge in [0.05, 0.1) is 4.90 Å². The van der Waals surface area contributed by atoms with Crippen LogP contribution < -0.4 is 14.2 Å². The number of nitrogens with zero attached hydrogens (tertiary/aromatic N) is 3. The van der Waals surface area contributed by atoms with Gasteiger partial charge in [0.1, 0.15) is 25.1 Å². The minimum absolute atomic E-state index is 0.226. The van der Waals surface area contributed by atoms with Crippen molar-refractivity contribution in [1.29, 1.82) is 0 Å². The molecule has 0 saturated carbocycles. The fourth-order valence-corrected chi connectivity index (χ4v) is 6.23. The second kappa shape index (κ2) is 9.25. The number of ether oxygens (including phenoxy) is 3. The van der Waals surface area contributed by atoms with Gasteiger partial charge in [0, 0.05) is 50.7 Å². The number of piperidine rings is 2. The first-order chi connectivity index (χ1) is 15.6. The van der Waals surface area contributed by atoms with Crippen LogP contribution in [0.4, 0.5) is 0 Å². The Hall–Kier alpha value is -2.36. The van der Waals surface area contributed by atoms with Gasteiger partial charge in [0.2, 0.25) is 10.0 Å². The smallest absolute Gasteiger partial charge is 0.243 e. The molecule has 3 aliphatic heterocycles.